The van der Waals surface area contributed by atoms with Gasteiger partial charge in [-0.2, -0.15) is 0 Å². The summed E-state index contributed by atoms with van der Waals surface area (Å²) >= 11 is 0. The molecule has 0 spiro atoms. The van der Waals surface area contributed by atoms with Crippen molar-refractivity contribution in [1.82, 2.24) is 4.90 Å². The van der Waals surface area contributed by atoms with Crippen molar-refractivity contribution < 1.29 is 0 Å². The summed E-state index contributed by atoms with van der Waals surface area (Å²) in [6.07, 6.45) is 4.07. The van der Waals surface area contributed by atoms with Gasteiger partial charge in [0.15, 0.2) is 0 Å². The second kappa shape index (κ2) is 6.73. The molecule has 2 unspecified atom stereocenters. The van der Waals surface area contributed by atoms with E-state index in [9.17, 15) is 0 Å². The minimum Gasteiger partial charge on any atom is -0.306 e. The number of benzene rings is 2. The first-order valence-corrected chi connectivity index (χ1v) is 9.24. The SMILES string of the molecule is CN(C)C1CCCC1P(c1ccccc1)c1ccccc1. The molecule has 0 saturated heterocycles. The van der Waals surface area contributed by atoms with E-state index in [-0.39, 0.29) is 7.92 Å². The Labute approximate surface area is 129 Å². The number of hydrogen-bond acceptors (Lipinski definition) is 1. The molecule has 3 rings (SSSR count). The fourth-order valence-corrected chi connectivity index (χ4v) is 6.79. The molecule has 0 aliphatic heterocycles. The van der Waals surface area contributed by atoms with Crippen LogP contribution in [0.1, 0.15) is 19.3 Å². The highest BCUT2D eigenvalue weighted by Crippen LogP contribution is 2.48. The minimum absolute atomic E-state index is 0.265. The zero-order valence-corrected chi connectivity index (χ0v) is 13.8. The van der Waals surface area contributed by atoms with Crippen molar-refractivity contribution >= 4 is 18.5 Å². The number of nitrogens with zero attached hydrogens (tertiary/aromatic N) is 1. The summed E-state index contributed by atoms with van der Waals surface area (Å²) in [5.74, 6) is 0. The third-order valence-corrected chi connectivity index (χ3v) is 7.48. The van der Waals surface area contributed by atoms with Crippen LogP contribution in [-0.2, 0) is 0 Å². The van der Waals surface area contributed by atoms with E-state index in [0.717, 1.165) is 11.7 Å². The van der Waals surface area contributed by atoms with Crippen LogP contribution < -0.4 is 10.6 Å². The quantitative estimate of drug-likeness (QED) is 0.779. The number of rotatable bonds is 4. The van der Waals surface area contributed by atoms with Crippen LogP contribution in [0.2, 0.25) is 0 Å². The molecule has 1 aliphatic rings. The van der Waals surface area contributed by atoms with Crippen molar-refractivity contribution in [2.45, 2.75) is 31.0 Å². The fourth-order valence-electron chi connectivity index (χ4n) is 3.53. The highest BCUT2D eigenvalue weighted by Gasteiger charge is 2.36. The molecule has 110 valence electrons. The van der Waals surface area contributed by atoms with Gasteiger partial charge in [0.2, 0.25) is 0 Å². The largest absolute Gasteiger partial charge is 0.306 e. The lowest BCUT2D eigenvalue weighted by atomic mass is 10.2. The predicted molar refractivity (Wildman–Crippen MR) is 94.2 cm³/mol. The summed E-state index contributed by atoms with van der Waals surface area (Å²) in [5, 5.41) is 3.05. The normalized spacial score (nSPS) is 22.1. The standard InChI is InChI=1S/C19H24NP/c1-20(2)18-14-9-15-19(18)21(16-10-5-3-6-11-16)17-12-7-4-8-13-17/h3-8,10-13,18-19H,9,14-15H2,1-2H3. The van der Waals surface area contributed by atoms with E-state index in [1.165, 1.54) is 29.9 Å². The summed E-state index contributed by atoms with van der Waals surface area (Å²) in [7, 11) is 4.22. The number of hydrogen-bond donors (Lipinski definition) is 0. The van der Waals surface area contributed by atoms with Gasteiger partial charge < -0.3 is 4.90 Å². The van der Waals surface area contributed by atoms with E-state index < -0.39 is 0 Å². The fraction of sp³-hybridized carbons (Fsp3) is 0.368. The van der Waals surface area contributed by atoms with E-state index in [4.69, 9.17) is 0 Å². The Morgan fingerprint density at radius 2 is 1.33 bits per heavy atom. The van der Waals surface area contributed by atoms with Crippen LogP contribution in [0, 0.1) is 0 Å². The molecule has 0 heterocycles. The predicted octanol–water partition coefficient (Wildman–Crippen LogP) is 3.60. The van der Waals surface area contributed by atoms with Gasteiger partial charge in [0.25, 0.3) is 0 Å². The van der Waals surface area contributed by atoms with Gasteiger partial charge in [0, 0.05) is 11.7 Å². The topological polar surface area (TPSA) is 3.24 Å². The zero-order chi connectivity index (χ0) is 14.7. The first kappa shape index (κ1) is 14.8. The van der Waals surface area contributed by atoms with Crippen LogP contribution in [0.4, 0.5) is 0 Å². The van der Waals surface area contributed by atoms with Crippen molar-refractivity contribution in [2.24, 2.45) is 0 Å². The highest BCUT2D eigenvalue weighted by atomic mass is 31.1. The first-order chi connectivity index (χ1) is 10.3. The Bertz CT molecular complexity index is 513. The van der Waals surface area contributed by atoms with E-state index >= 15 is 0 Å². The van der Waals surface area contributed by atoms with Gasteiger partial charge >= 0.3 is 0 Å². The molecule has 0 radical (unpaired) electrons. The molecular formula is C19H24NP. The summed E-state index contributed by atoms with van der Waals surface area (Å²) < 4.78 is 0. The molecule has 2 heteroatoms. The molecule has 0 N–H and O–H groups in total. The van der Waals surface area contributed by atoms with Crippen molar-refractivity contribution in [3.05, 3.63) is 60.7 Å². The average Bonchev–Trinajstić information content (AvgIpc) is 2.99. The Morgan fingerprint density at radius 1 is 0.810 bits per heavy atom. The van der Waals surface area contributed by atoms with Gasteiger partial charge in [-0.15, -0.1) is 0 Å². The molecule has 2 atom stereocenters. The highest BCUT2D eigenvalue weighted by molar-refractivity contribution is 7.73. The molecule has 0 amide bonds. The van der Waals surface area contributed by atoms with E-state index in [1.54, 1.807) is 0 Å². The summed E-state index contributed by atoms with van der Waals surface area (Å²) in [6.45, 7) is 0. The molecule has 1 aliphatic carbocycles. The molecule has 2 aromatic rings. The van der Waals surface area contributed by atoms with Crippen LogP contribution in [0.5, 0.6) is 0 Å². The van der Waals surface area contributed by atoms with Gasteiger partial charge in [-0.25, -0.2) is 0 Å². The molecule has 0 bridgehead atoms. The molecule has 1 fully saturated rings. The Morgan fingerprint density at radius 3 is 1.81 bits per heavy atom. The molecule has 2 aromatic carbocycles. The van der Waals surface area contributed by atoms with Gasteiger partial charge in [0.1, 0.15) is 0 Å². The maximum atomic E-state index is 2.44. The van der Waals surface area contributed by atoms with Gasteiger partial charge in [-0.1, -0.05) is 67.1 Å². The monoisotopic (exact) mass is 297 g/mol. The van der Waals surface area contributed by atoms with E-state index in [1.807, 2.05) is 0 Å². The van der Waals surface area contributed by atoms with Crippen LogP contribution in [-0.4, -0.2) is 30.7 Å². The third-order valence-electron chi connectivity index (χ3n) is 4.51. The Hall–Kier alpha value is -1.17. The van der Waals surface area contributed by atoms with Crippen LogP contribution in [0.15, 0.2) is 60.7 Å². The summed E-state index contributed by atoms with van der Waals surface area (Å²) in [4.78, 5) is 2.44. The molecule has 1 saturated carbocycles. The molecular weight excluding hydrogens is 273 g/mol. The Kier molecular flexibility index (Phi) is 4.73. The van der Waals surface area contributed by atoms with E-state index in [0.29, 0.717) is 0 Å². The zero-order valence-electron chi connectivity index (χ0n) is 12.9. The average molecular weight is 297 g/mol. The second-order valence-electron chi connectivity index (χ2n) is 6.07. The minimum atomic E-state index is -0.265. The lowest BCUT2D eigenvalue weighted by Gasteiger charge is -2.33. The van der Waals surface area contributed by atoms with Crippen molar-refractivity contribution in [1.29, 1.82) is 0 Å². The van der Waals surface area contributed by atoms with Crippen molar-refractivity contribution in [2.75, 3.05) is 14.1 Å². The second-order valence-corrected chi connectivity index (χ2v) is 8.51. The molecule has 21 heavy (non-hydrogen) atoms. The maximum absolute atomic E-state index is 2.44. The molecule has 1 nitrogen and oxygen atoms in total. The molecule has 0 aromatic heterocycles. The first-order valence-electron chi connectivity index (χ1n) is 7.83. The lowest BCUT2D eigenvalue weighted by Crippen LogP contribution is -2.37. The smallest absolute Gasteiger partial charge is 0.0163 e. The van der Waals surface area contributed by atoms with Crippen molar-refractivity contribution in [3.63, 3.8) is 0 Å². The Balaban J connectivity index is 2.01. The van der Waals surface area contributed by atoms with Crippen LogP contribution in [0.3, 0.4) is 0 Å². The lowest BCUT2D eigenvalue weighted by molar-refractivity contribution is 0.303. The van der Waals surface area contributed by atoms with E-state index in [2.05, 4.69) is 79.7 Å². The van der Waals surface area contributed by atoms with Gasteiger partial charge in [0.05, 0.1) is 0 Å². The maximum Gasteiger partial charge on any atom is 0.0163 e. The van der Waals surface area contributed by atoms with Crippen LogP contribution >= 0.6 is 7.92 Å². The van der Waals surface area contributed by atoms with Gasteiger partial charge in [-0.05, 0) is 45.5 Å². The summed E-state index contributed by atoms with van der Waals surface area (Å²) in [6, 6.07) is 23.0. The third kappa shape index (κ3) is 3.20. The van der Waals surface area contributed by atoms with Crippen LogP contribution in [0.25, 0.3) is 0 Å². The van der Waals surface area contributed by atoms with Gasteiger partial charge in [-0.3, -0.25) is 0 Å². The summed E-state index contributed by atoms with van der Waals surface area (Å²) in [5.41, 5.74) is 0.778. The van der Waals surface area contributed by atoms with Crippen molar-refractivity contribution in [3.8, 4) is 0 Å².